The Morgan fingerprint density at radius 3 is 2.43 bits per heavy atom. The van der Waals surface area contributed by atoms with Crippen molar-refractivity contribution in [2.75, 3.05) is 0 Å². The van der Waals surface area contributed by atoms with Gasteiger partial charge in [0.25, 0.3) is 0 Å². The van der Waals surface area contributed by atoms with Crippen LogP contribution in [-0.2, 0) is 0 Å². The van der Waals surface area contributed by atoms with Gasteiger partial charge in [-0.3, -0.25) is 0 Å². The standard InChI is InChI=1S/C17H17ClN2O/c1-11(2)20-15-10-6-5-9-14(15)19-17(20)16(21)12-7-3-4-8-13(12)18/h3-11,16,21H,1-2H3. The number of hydrogen-bond donors (Lipinski definition) is 1. The molecule has 1 heterocycles. The van der Waals surface area contributed by atoms with Crippen LogP contribution in [0.15, 0.2) is 48.5 Å². The quantitative estimate of drug-likeness (QED) is 0.781. The van der Waals surface area contributed by atoms with Crippen molar-refractivity contribution in [3.63, 3.8) is 0 Å². The number of aromatic nitrogens is 2. The number of halogens is 1. The second kappa shape index (κ2) is 5.51. The third kappa shape index (κ3) is 2.43. The number of aliphatic hydroxyl groups is 1. The molecule has 21 heavy (non-hydrogen) atoms. The molecule has 0 bridgehead atoms. The summed E-state index contributed by atoms with van der Waals surface area (Å²) in [6.07, 6.45) is -0.839. The summed E-state index contributed by atoms with van der Waals surface area (Å²) >= 11 is 6.20. The third-order valence-corrected chi connectivity index (χ3v) is 3.93. The highest BCUT2D eigenvalue weighted by molar-refractivity contribution is 6.31. The topological polar surface area (TPSA) is 38.0 Å². The summed E-state index contributed by atoms with van der Waals surface area (Å²) in [6, 6.07) is 15.4. The van der Waals surface area contributed by atoms with Crippen LogP contribution in [-0.4, -0.2) is 14.7 Å². The van der Waals surface area contributed by atoms with Gasteiger partial charge in [0.15, 0.2) is 0 Å². The SMILES string of the molecule is CC(C)n1c(C(O)c2ccccc2Cl)nc2ccccc21. The van der Waals surface area contributed by atoms with Crippen LogP contribution in [0.4, 0.5) is 0 Å². The molecular formula is C17H17ClN2O. The largest absolute Gasteiger partial charge is 0.380 e. The fraction of sp³-hybridized carbons (Fsp3) is 0.235. The van der Waals surface area contributed by atoms with E-state index in [1.807, 2.05) is 42.5 Å². The van der Waals surface area contributed by atoms with Crippen molar-refractivity contribution in [1.29, 1.82) is 0 Å². The molecule has 0 aliphatic heterocycles. The van der Waals surface area contributed by atoms with Crippen LogP contribution >= 0.6 is 11.6 Å². The van der Waals surface area contributed by atoms with Crippen LogP contribution in [0.25, 0.3) is 11.0 Å². The molecule has 3 aromatic rings. The fourth-order valence-corrected chi connectivity index (χ4v) is 2.87. The van der Waals surface area contributed by atoms with Gasteiger partial charge in [-0.2, -0.15) is 0 Å². The molecular weight excluding hydrogens is 284 g/mol. The van der Waals surface area contributed by atoms with Gasteiger partial charge < -0.3 is 9.67 Å². The summed E-state index contributed by atoms with van der Waals surface area (Å²) in [6.45, 7) is 4.16. The lowest BCUT2D eigenvalue weighted by Gasteiger charge is -2.18. The van der Waals surface area contributed by atoms with Crippen molar-refractivity contribution in [2.45, 2.75) is 26.0 Å². The van der Waals surface area contributed by atoms with Crippen molar-refractivity contribution in [3.8, 4) is 0 Å². The number of imidazole rings is 1. The number of rotatable bonds is 3. The molecule has 108 valence electrons. The Labute approximate surface area is 128 Å². The monoisotopic (exact) mass is 300 g/mol. The van der Waals surface area contributed by atoms with Crippen LogP contribution in [0.5, 0.6) is 0 Å². The normalized spacial score (nSPS) is 13.0. The zero-order valence-corrected chi connectivity index (χ0v) is 12.7. The summed E-state index contributed by atoms with van der Waals surface area (Å²) < 4.78 is 2.06. The maximum absolute atomic E-state index is 10.7. The Hall–Kier alpha value is -1.84. The molecule has 0 spiro atoms. The first kappa shape index (κ1) is 14.1. The highest BCUT2D eigenvalue weighted by atomic mass is 35.5. The van der Waals surface area contributed by atoms with Crippen LogP contribution in [0, 0.1) is 0 Å². The van der Waals surface area contributed by atoms with E-state index in [4.69, 9.17) is 11.6 Å². The van der Waals surface area contributed by atoms with E-state index in [9.17, 15) is 5.11 Å². The van der Waals surface area contributed by atoms with Gasteiger partial charge in [0.05, 0.1) is 11.0 Å². The minimum atomic E-state index is -0.839. The van der Waals surface area contributed by atoms with Gasteiger partial charge in [-0.25, -0.2) is 4.98 Å². The lowest BCUT2D eigenvalue weighted by atomic mass is 10.1. The summed E-state index contributed by atoms with van der Waals surface area (Å²) in [4.78, 5) is 4.61. The third-order valence-electron chi connectivity index (χ3n) is 3.58. The lowest BCUT2D eigenvalue weighted by Crippen LogP contribution is -2.12. The molecule has 1 unspecified atom stereocenters. The number of hydrogen-bond acceptors (Lipinski definition) is 2. The predicted molar refractivity (Wildman–Crippen MR) is 85.6 cm³/mol. The van der Waals surface area contributed by atoms with Gasteiger partial charge in [0.2, 0.25) is 0 Å². The maximum Gasteiger partial charge on any atom is 0.143 e. The van der Waals surface area contributed by atoms with Gasteiger partial charge in [0.1, 0.15) is 11.9 Å². The zero-order valence-electron chi connectivity index (χ0n) is 12.0. The van der Waals surface area contributed by atoms with E-state index in [-0.39, 0.29) is 6.04 Å². The van der Waals surface area contributed by atoms with Crippen LogP contribution < -0.4 is 0 Å². The van der Waals surface area contributed by atoms with E-state index in [1.165, 1.54) is 0 Å². The van der Waals surface area contributed by atoms with E-state index in [0.717, 1.165) is 11.0 Å². The highest BCUT2D eigenvalue weighted by Crippen LogP contribution is 2.31. The van der Waals surface area contributed by atoms with Crippen molar-refractivity contribution in [3.05, 3.63) is 64.9 Å². The predicted octanol–water partition coefficient (Wildman–Crippen LogP) is 4.35. The molecule has 0 saturated heterocycles. The van der Waals surface area contributed by atoms with Gasteiger partial charge >= 0.3 is 0 Å². The van der Waals surface area contributed by atoms with E-state index in [0.29, 0.717) is 16.4 Å². The van der Waals surface area contributed by atoms with Crippen LogP contribution in [0.2, 0.25) is 5.02 Å². The molecule has 0 aliphatic carbocycles. The van der Waals surface area contributed by atoms with E-state index >= 15 is 0 Å². The minimum Gasteiger partial charge on any atom is -0.380 e. The second-order valence-electron chi connectivity index (χ2n) is 5.35. The Balaban J connectivity index is 2.20. The molecule has 2 aromatic carbocycles. The number of para-hydroxylation sites is 2. The molecule has 0 radical (unpaired) electrons. The smallest absolute Gasteiger partial charge is 0.143 e. The molecule has 1 N–H and O–H groups in total. The second-order valence-corrected chi connectivity index (χ2v) is 5.75. The first-order valence-electron chi connectivity index (χ1n) is 6.99. The average molecular weight is 301 g/mol. The zero-order chi connectivity index (χ0) is 15.0. The minimum absolute atomic E-state index is 0.199. The Morgan fingerprint density at radius 2 is 1.71 bits per heavy atom. The van der Waals surface area contributed by atoms with Crippen molar-refractivity contribution in [2.24, 2.45) is 0 Å². The van der Waals surface area contributed by atoms with Crippen molar-refractivity contribution in [1.82, 2.24) is 9.55 Å². The Morgan fingerprint density at radius 1 is 1.05 bits per heavy atom. The van der Waals surface area contributed by atoms with E-state index in [1.54, 1.807) is 6.07 Å². The maximum atomic E-state index is 10.7. The molecule has 1 aromatic heterocycles. The molecule has 3 nitrogen and oxygen atoms in total. The van der Waals surface area contributed by atoms with Crippen molar-refractivity contribution >= 4 is 22.6 Å². The number of nitrogens with zero attached hydrogens (tertiary/aromatic N) is 2. The summed E-state index contributed by atoms with van der Waals surface area (Å²) in [5, 5.41) is 11.3. The molecule has 1 atom stereocenters. The molecule has 3 rings (SSSR count). The first-order valence-corrected chi connectivity index (χ1v) is 7.36. The summed E-state index contributed by atoms with van der Waals surface area (Å²) in [7, 11) is 0. The van der Waals surface area contributed by atoms with Gasteiger partial charge in [-0.1, -0.05) is 41.9 Å². The average Bonchev–Trinajstić information content (AvgIpc) is 2.86. The highest BCUT2D eigenvalue weighted by Gasteiger charge is 2.22. The molecule has 0 amide bonds. The lowest BCUT2D eigenvalue weighted by molar-refractivity contribution is 0.203. The number of fused-ring (bicyclic) bond motifs is 1. The summed E-state index contributed by atoms with van der Waals surface area (Å²) in [5.74, 6) is 0.624. The Kier molecular flexibility index (Phi) is 3.70. The molecule has 0 fully saturated rings. The van der Waals surface area contributed by atoms with Gasteiger partial charge in [-0.05, 0) is 32.0 Å². The van der Waals surface area contributed by atoms with Crippen molar-refractivity contribution < 1.29 is 5.11 Å². The molecule has 0 aliphatic rings. The molecule has 0 saturated carbocycles. The summed E-state index contributed by atoms with van der Waals surface area (Å²) in [5.41, 5.74) is 2.58. The van der Waals surface area contributed by atoms with Gasteiger partial charge in [-0.15, -0.1) is 0 Å². The van der Waals surface area contributed by atoms with Gasteiger partial charge in [0, 0.05) is 16.6 Å². The Bertz CT molecular complexity index is 779. The van der Waals surface area contributed by atoms with Crippen LogP contribution in [0.3, 0.4) is 0 Å². The fourth-order valence-electron chi connectivity index (χ4n) is 2.63. The van der Waals surface area contributed by atoms with E-state index < -0.39 is 6.10 Å². The molecule has 4 heteroatoms. The van der Waals surface area contributed by atoms with Crippen LogP contribution in [0.1, 0.15) is 37.4 Å². The number of aliphatic hydroxyl groups excluding tert-OH is 1. The first-order chi connectivity index (χ1) is 10.1. The van der Waals surface area contributed by atoms with E-state index in [2.05, 4.69) is 23.4 Å². The number of benzene rings is 2.